The smallest absolute Gasteiger partial charge is 0.231 e. The molecule has 1 heterocycles. The number of hydrogen-bond donors (Lipinski definition) is 1. The molecule has 0 fully saturated rings. The van der Waals surface area contributed by atoms with Crippen LogP contribution in [0.2, 0.25) is 0 Å². The number of nitrogens with two attached hydrogens (primary N) is 1. The third kappa shape index (κ3) is 3.39. The Morgan fingerprint density at radius 1 is 1.26 bits per heavy atom. The van der Waals surface area contributed by atoms with Crippen molar-refractivity contribution in [1.29, 1.82) is 0 Å². The van der Waals surface area contributed by atoms with Gasteiger partial charge in [-0.15, -0.1) is 0 Å². The first-order valence-corrected chi connectivity index (χ1v) is 6.35. The van der Waals surface area contributed by atoms with Gasteiger partial charge in [-0.1, -0.05) is 42.4 Å². The van der Waals surface area contributed by atoms with Crippen LogP contribution in [0, 0.1) is 0 Å². The van der Waals surface area contributed by atoms with Crippen LogP contribution in [0.5, 0.6) is 0 Å². The number of aromatic nitrogens is 2. The fourth-order valence-corrected chi connectivity index (χ4v) is 1.92. The predicted molar refractivity (Wildman–Crippen MR) is 73.5 cm³/mol. The van der Waals surface area contributed by atoms with Crippen LogP contribution in [0.25, 0.3) is 0 Å². The monoisotopic (exact) mass is 260 g/mol. The van der Waals surface area contributed by atoms with Gasteiger partial charge in [0.1, 0.15) is 0 Å². The lowest BCUT2D eigenvalue weighted by atomic mass is 9.95. The maximum Gasteiger partial charge on any atom is 0.231 e. The highest BCUT2D eigenvalue weighted by atomic mass is 16.5. The van der Waals surface area contributed by atoms with Gasteiger partial charge in [-0.25, -0.2) is 0 Å². The maximum absolute atomic E-state index is 6.24. The van der Waals surface area contributed by atoms with Gasteiger partial charge >= 0.3 is 0 Å². The lowest BCUT2D eigenvalue weighted by Gasteiger charge is -2.16. The molecule has 0 aliphatic carbocycles. The third-order valence-electron chi connectivity index (χ3n) is 3.05. The van der Waals surface area contributed by atoms with Crippen molar-refractivity contribution in [1.82, 2.24) is 15.0 Å². The SMILES string of the molecule is CC(c1nc(CN(C)C)no1)C(N)c1ccccc1. The van der Waals surface area contributed by atoms with Gasteiger partial charge in [0.05, 0.1) is 12.5 Å². The van der Waals surface area contributed by atoms with Crippen molar-refractivity contribution in [3.63, 3.8) is 0 Å². The van der Waals surface area contributed by atoms with Gasteiger partial charge in [-0.05, 0) is 19.7 Å². The summed E-state index contributed by atoms with van der Waals surface area (Å²) in [6.07, 6.45) is 0. The average Bonchev–Trinajstić information content (AvgIpc) is 2.85. The maximum atomic E-state index is 6.24. The van der Waals surface area contributed by atoms with Crippen molar-refractivity contribution < 1.29 is 4.52 Å². The molecule has 2 atom stereocenters. The van der Waals surface area contributed by atoms with Crippen LogP contribution < -0.4 is 5.73 Å². The van der Waals surface area contributed by atoms with Gasteiger partial charge in [-0.2, -0.15) is 4.98 Å². The fraction of sp³-hybridized carbons (Fsp3) is 0.429. The van der Waals surface area contributed by atoms with E-state index in [-0.39, 0.29) is 12.0 Å². The van der Waals surface area contributed by atoms with E-state index in [0.29, 0.717) is 18.3 Å². The van der Waals surface area contributed by atoms with E-state index >= 15 is 0 Å². The van der Waals surface area contributed by atoms with E-state index in [4.69, 9.17) is 10.3 Å². The Hall–Kier alpha value is -1.72. The summed E-state index contributed by atoms with van der Waals surface area (Å²) in [5, 5.41) is 3.97. The largest absolute Gasteiger partial charge is 0.339 e. The molecule has 5 heteroatoms. The summed E-state index contributed by atoms with van der Waals surface area (Å²) in [5.41, 5.74) is 7.31. The first-order valence-electron chi connectivity index (χ1n) is 6.35. The van der Waals surface area contributed by atoms with E-state index < -0.39 is 0 Å². The van der Waals surface area contributed by atoms with Crippen LogP contribution in [0.3, 0.4) is 0 Å². The summed E-state index contributed by atoms with van der Waals surface area (Å²) in [6, 6.07) is 9.81. The molecule has 5 nitrogen and oxygen atoms in total. The highest BCUT2D eigenvalue weighted by Gasteiger charge is 2.22. The minimum atomic E-state index is -0.145. The molecule has 2 unspecified atom stereocenters. The van der Waals surface area contributed by atoms with E-state index in [9.17, 15) is 0 Å². The zero-order valence-corrected chi connectivity index (χ0v) is 11.6. The van der Waals surface area contributed by atoms with Gasteiger partial charge in [-0.3, -0.25) is 0 Å². The third-order valence-corrected chi connectivity index (χ3v) is 3.05. The number of hydrogen-bond acceptors (Lipinski definition) is 5. The first kappa shape index (κ1) is 13.7. The summed E-state index contributed by atoms with van der Waals surface area (Å²) in [4.78, 5) is 6.39. The predicted octanol–water partition coefficient (Wildman–Crippen LogP) is 1.93. The highest BCUT2D eigenvalue weighted by molar-refractivity contribution is 5.21. The average molecular weight is 260 g/mol. The van der Waals surface area contributed by atoms with Crippen molar-refractivity contribution in [3.8, 4) is 0 Å². The van der Waals surface area contributed by atoms with Crippen LogP contribution in [0.4, 0.5) is 0 Å². The molecule has 19 heavy (non-hydrogen) atoms. The Bertz CT molecular complexity index is 509. The second-order valence-electron chi connectivity index (χ2n) is 5.01. The quantitative estimate of drug-likeness (QED) is 0.889. The molecule has 2 rings (SSSR count). The molecule has 102 valence electrons. The Balaban J connectivity index is 2.11. The van der Waals surface area contributed by atoms with Crippen LogP contribution in [0.1, 0.15) is 36.2 Å². The Morgan fingerprint density at radius 3 is 2.58 bits per heavy atom. The Kier molecular flexibility index (Phi) is 4.29. The van der Waals surface area contributed by atoms with Crippen LogP contribution in [-0.4, -0.2) is 29.1 Å². The number of nitrogens with zero attached hydrogens (tertiary/aromatic N) is 3. The molecule has 1 aromatic carbocycles. The zero-order valence-electron chi connectivity index (χ0n) is 11.6. The van der Waals surface area contributed by atoms with Crippen molar-refractivity contribution >= 4 is 0 Å². The molecule has 1 aromatic heterocycles. The van der Waals surface area contributed by atoms with Crippen molar-refractivity contribution in [3.05, 3.63) is 47.6 Å². The molecular weight excluding hydrogens is 240 g/mol. The Labute approximate surface area is 113 Å². The summed E-state index contributed by atoms with van der Waals surface area (Å²) in [7, 11) is 3.93. The first-order chi connectivity index (χ1) is 9.08. The minimum Gasteiger partial charge on any atom is -0.339 e. The molecule has 0 spiro atoms. The molecule has 0 saturated heterocycles. The standard InChI is InChI=1S/C14H20N4O/c1-10(13(15)11-7-5-4-6-8-11)14-16-12(17-19-14)9-18(2)3/h4-8,10,13H,9,15H2,1-3H3. The van der Waals surface area contributed by atoms with E-state index in [1.54, 1.807) is 0 Å². The van der Waals surface area contributed by atoms with Gasteiger partial charge in [0.15, 0.2) is 5.82 Å². The van der Waals surface area contributed by atoms with Crippen LogP contribution in [-0.2, 0) is 6.54 Å². The van der Waals surface area contributed by atoms with E-state index in [1.165, 1.54) is 0 Å². The topological polar surface area (TPSA) is 68.2 Å². The lowest BCUT2D eigenvalue weighted by molar-refractivity contribution is 0.329. The summed E-state index contributed by atoms with van der Waals surface area (Å²) in [6.45, 7) is 2.67. The highest BCUT2D eigenvalue weighted by Crippen LogP contribution is 2.27. The van der Waals surface area contributed by atoms with Crippen molar-refractivity contribution in [2.45, 2.75) is 25.4 Å². The molecular formula is C14H20N4O. The van der Waals surface area contributed by atoms with Gasteiger partial charge in [0.2, 0.25) is 5.89 Å². The molecule has 0 bridgehead atoms. The summed E-state index contributed by atoms with van der Waals surface area (Å²) >= 11 is 0. The van der Waals surface area contributed by atoms with Crippen molar-refractivity contribution in [2.75, 3.05) is 14.1 Å². The summed E-state index contributed by atoms with van der Waals surface area (Å²) < 4.78 is 5.30. The molecule has 2 aromatic rings. The lowest BCUT2D eigenvalue weighted by Crippen LogP contribution is -2.18. The van der Waals surface area contributed by atoms with E-state index in [0.717, 1.165) is 5.56 Å². The molecule has 0 saturated carbocycles. The second kappa shape index (κ2) is 5.95. The minimum absolute atomic E-state index is 0.00851. The molecule has 0 aliphatic heterocycles. The van der Waals surface area contributed by atoms with Gasteiger partial charge in [0, 0.05) is 6.04 Å². The zero-order chi connectivity index (χ0) is 13.8. The van der Waals surface area contributed by atoms with E-state index in [1.807, 2.05) is 56.3 Å². The van der Waals surface area contributed by atoms with Crippen molar-refractivity contribution in [2.24, 2.45) is 5.73 Å². The second-order valence-corrected chi connectivity index (χ2v) is 5.01. The molecule has 2 N–H and O–H groups in total. The molecule has 0 radical (unpaired) electrons. The van der Waals surface area contributed by atoms with Crippen LogP contribution >= 0.6 is 0 Å². The molecule has 0 amide bonds. The Morgan fingerprint density at radius 2 is 1.95 bits per heavy atom. The number of rotatable bonds is 5. The molecule has 0 aliphatic rings. The van der Waals surface area contributed by atoms with Gasteiger partial charge in [0.25, 0.3) is 0 Å². The fourth-order valence-electron chi connectivity index (χ4n) is 1.92. The normalized spacial score (nSPS) is 14.6. The number of benzene rings is 1. The van der Waals surface area contributed by atoms with Gasteiger partial charge < -0.3 is 15.2 Å². The van der Waals surface area contributed by atoms with E-state index in [2.05, 4.69) is 10.1 Å². The van der Waals surface area contributed by atoms with Crippen LogP contribution in [0.15, 0.2) is 34.9 Å². The summed E-state index contributed by atoms with van der Waals surface area (Å²) in [5.74, 6) is 1.27.